The van der Waals surface area contributed by atoms with Crippen molar-refractivity contribution < 1.29 is 4.79 Å². The summed E-state index contributed by atoms with van der Waals surface area (Å²) in [5.74, 6) is -0.0520. The standard InChI is InChI=1S/C16H19N3O/c1-12-7-6-10-15(18-12)11-17-13(2)16(20)19-14-8-4-3-5-9-14/h3-10,13,17H,11H2,1-2H3,(H,19,20). The van der Waals surface area contributed by atoms with Crippen LogP contribution < -0.4 is 10.6 Å². The minimum atomic E-state index is -0.280. The second-order valence-corrected chi connectivity index (χ2v) is 4.73. The van der Waals surface area contributed by atoms with Crippen molar-refractivity contribution in [1.82, 2.24) is 10.3 Å². The van der Waals surface area contributed by atoms with Crippen molar-refractivity contribution in [3.8, 4) is 0 Å². The van der Waals surface area contributed by atoms with Gasteiger partial charge in [-0.2, -0.15) is 0 Å². The second-order valence-electron chi connectivity index (χ2n) is 4.73. The van der Waals surface area contributed by atoms with Crippen LogP contribution >= 0.6 is 0 Å². The molecule has 0 aliphatic carbocycles. The van der Waals surface area contributed by atoms with E-state index in [0.717, 1.165) is 17.1 Å². The molecule has 1 atom stereocenters. The minimum absolute atomic E-state index is 0.0520. The van der Waals surface area contributed by atoms with Crippen LogP contribution in [-0.2, 0) is 11.3 Å². The lowest BCUT2D eigenvalue weighted by atomic mass is 10.2. The molecule has 2 aromatic rings. The van der Waals surface area contributed by atoms with E-state index in [2.05, 4.69) is 15.6 Å². The first-order valence-electron chi connectivity index (χ1n) is 6.67. The zero-order valence-electron chi connectivity index (χ0n) is 11.8. The Morgan fingerprint density at radius 1 is 1.15 bits per heavy atom. The lowest BCUT2D eigenvalue weighted by molar-refractivity contribution is -0.117. The highest BCUT2D eigenvalue weighted by molar-refractivity contribution is 5.94. The van der Waals surface area contributed by atoms with E-state index in [4.69, 9.17) is 0 Å². The molecule has 0 fully saturated rings. The van der Waals surface area contributed by atoms with Gasteiger partial charge in [0.15, 0.2) is 0 Å². The van der Waals surface area contributed by atoms with Crippen molar-refractivity contribution >= 4 is 11.6 Å². The van der Waals surface area contributed by atoms with Crippen LogP contribution in [0.2, 0.25) is 0 Å². The third kappa shape index (κ3) is 4.17. The summed E-state index contributed by atoms with van der Waals surface area (Å²) in [6.45, 7) is 4.37. The summed E-state index contributed by atoms with van der Waals surface area (Å²) in [6, 6.07) is 15.0. The molecule has 1 aromatic heterocycles. The lowest BCUT2D eigenvalue weighted by Gasteiger charge is -2.14. The predicted molar refractivity (Wildman–Crippen MR) is 80.3 cm³/mol. The predicted octanol–water partition coefficient (Wildman–Crippen LogP) is 2.51. The first-order valence-corrected chi connectivity index (χ1v) is 6.67. The summed E-state index contributed by atoms with van der Waals surface area (Å²) >= 11 is 0. The number of hydrogen-bond acceptors (Lipinski definition) is 3. The number of nitrogens with zero attached hydrogens (tertiary/aromatic N) is 1. The molecule has 4 nitrogen and oxygen atoms in total. The Morgan fingerprint density at radius 3 is 2.60 bits per heavy atom. The van der Waals surface area contributed by atoms with Gasteiger partial charge in [0.2, 0.25) is 5.91 Å². The summed E-state index contributed by atoms with van der Waals surface area (Å²) in [6.07, 6.45) is 0. The van der Waals surface area contributed by atoms with Crippen molar-refractivity contribution in [2.45, 2.75) is 26.4 Å². The molecule has 0 saturated heterocycles. The van der Waals surface area contributed by atoms with Gasteiger partial charge in [0.05, 0.1) is 11.7 Å². The number of aryl methyl sites for hydroxylation is 1. The maximum atomic E-state index is 12.0. The topological polar surface area (TPSA) is 54.0 Å². The number of anilines is 1. The average molecular weight is 269 g/mol. The molecule has 1 aromatic carbocycles. The van der Waals surface area contributed by atoms with E-state index in [1.807, 2.05) is 62.4 Å². The zero-order chi connectivity index (χ0) is 14.4. The van der Waals surface area contributed by atoms with Crippen molar-refractivity contribution in [3.05, 3.63) is 59.9 Å². The van der Waals surface area contributed by atoms with Crippen LogP contribution in [0.5, 0.6) is 0 Å². The van der Waals surface area contributed by atoms with E-state index in [1.165, 1.54) is 0 Å². The number of hydrogen-bond donors (Lipinski definition) is 2. The number of pyridine rings is 1. The Hall–Kier alpha value is -2.20. The number of benzene rings is 1. The van der Waals surface area contributed by atoms with Crippen molar-refractivity contribution in [2.75, 3.05) is 5.32 Å². The number of carbonyl (C=O) groups is 1. The van der Waals surface area contributed by atoms with Crippen LogP contribution in [-0.4, -0.2) is 16.9 Å². The van der Waals surface area contributed by atoms with Gasteiger partial charge in [0, 0.05) is 17.9 Å². The number of amides is 1. The molecule has 2 rings (SSSR count). The Kier molecular flexibility index (Phi) is 4.85. The molecular formula is C16H19N3O. The first kappa shape index (κ1) is 14.2. The van der Waals surface area contributed by atoms with Gasteiger partial charge in [0.1, 0.15) is 0 Å². The summed E-state index contributed by atoms with van der Waals surface area (Å²) in [7, 11) is 0. The fourth-order valence-electron chi connectivity index (χ4n) is 1.82. The van der Waals surface area contributed by atoms with Crippen molar-refractivity contribution in [2.24, 2.45) is 0 Å². The molecule has 1 unspecified atom stereocenters. The minimum Gasteiger partial charge on any atom is -0.325 e. The Morgan fingerprint density at radius 2 is 1.90 bits per heavy atom. The van der Waals surface area contributed by atoms with Gasteiger partial charge >= 0.3 is 0 Å². The Bertz CT molecular complexity index is 569. The lowest BCUT2D eigenvalue weighted by Crippen LogP contribution is -2.37. The highest BCUT2D eigenvalue weighted by Crippen LogP contribution is 2.05. The zero-order valence-corrected chi connectivity index (χ0v) is 11.8. The summed E-state index contributed by atoms with van der Waals surface area (Å²) < 4.78 is 0. The Labute approximate surface area is 119 Å². The molecule has 1 amide bonds. The fourth-order valence-corrected chi connectivity index (χ4v) is 1.82. The molecular weight excluding hydrogens is 250 g/mol. The van der Waals surface area contributed by atoms with Crippen LogP contribution in [0.15, 0.2) is 48.5 Å². The van der Waals surface area contributed by atoms with Crippen LogP contribution in [0.3, 0.4) is 0 Å². The maximum absolute atomic E-state index is 12.0. The molecule has 104 valence electrons. The first-order chi connectivity index (χ1) is 9.65. The van der Waals surface area contributed by atoms with Crippen LogP contribution in [0, 0.1) is 6.92 Å². The van der Waals surface area contributed by atoms with Gasteiger partial charge in [-0.1, -0.05) is 24.3 Å². The van der Waals surface area contributed by atoms with Crippen LogP contribution in [0.4, 0.5) is 5.69 Å². The van der Waals surface area contributed by atoms with E-state index in [1.54, 1.807) is 0 Å². The van der Waals surface area contributed by atoms with Gasteiger partial charge in [-0.25, -0.2) is 0 Å². The molecule has 0 aliphatic rings. The van der Waals surface area contributed by atoms with Crippen molar-refractivity contribution in [1.29, 1.82) is 0 Å². The molecule has 20 heavy (non-hydrogen) atoms. The normalized spacial score (nSPS) is 11.9. The largest absolute Gasteiger partial charge is 0.325 e. The van der Waals surface area contributed by atoms with E-state index in [0.29, 0.717) is 6.54 Å². The summed E-state index contributed by atoms with van der Waals surface area (Å²) in [4.78, 5) is 16.4. The number of aromatic nitrogens is 1. The maximum Gasteiger partial charge on any atom is 0.241 e. The fraction of sp³-hybridized carbons (Fsp3) is 0.250. The van der Waals surface area contributed by atoms with Gasteiger partial charge in [0.25, 0.3) is 0 Å². The molecule has 0 spiro atoms. The number of nitrogens with one attached hydrogen (secondary N) is 2. The third-order valence-corrected chi connectivity index (χ3v) is 2.97. The summed E-state index contributed by atoms with van der Waals surface area (Å²) in [5.41, 5.74) is 2.72. The third-order valence-electron chi connectivity index (χ3n) is 2.97. The molecule has 0 saturated carbocycles. The van der Waals surface area contributed by atoms with E-state index in [9.17, 15) is 4.79 Å². The van der Waals surface area contributed by atoms with Gasteiger partial charge in [-0.15, -0.1) is 0 Å². The van der Waals surface area contributed by atoms with Gasteiger partial charge < -0.3 is 10.6 Å². The number of rotatable bonds is 5. The molecule has 4 heteroatoms. The van der Waals surface area contributed by atoms with Gasteiger partial charge in [-0.3, -0.25) is 9.78 Å². The van der Waals surface area contributed by atoms with Gasteiger partial charge in [-0.05, 0) is 38.1 Å². The van der Waals surface area contributed by atoms with E-state index >= 15 is 0 Å². The Balaban J connectivity index is 1.85. The number of carbonyl (C=O) groups excluding carboxylic acids is 1. The molecule has 0 radical (unpaired) electrons. The molecule has 0 aliphatic heterocycles. The molecule has 0 bridgehead atoms. The summed E-state index contributed by atoms with van der Waals surface area (Å²) in [5, 5.41) is 6.04. The smallest absolute Gasteiger partial charge is 0.241 e. The molecule has 2 N–H and O–H groups in total. The highest BCUT2D eigenvalue weighted by Gasteiger charge is 2.12. The van der Waals surface area contributed by atoms with Crippen LogP contribution in [0.1, 0.15) is 18.3 Å². The van der Waals surface area contributed by atoms with Crippen LogP contribution in [0.25, 0.3) is 0 Å². The average Bonchev–Trinajstić information content (AvgIpc) is 2.46. The van der Waals surface area contributed by atoms with Crippen molar-refractivity contribution in [3.63, 3.8) is 0 Å². The van der Waals surface area contributed by atoms with E-state index < -0.39 is 0 Å². The number of para-hydroxylation sites is 1. The molecule has 1 heterocycles. The second kappa shape index (κ2) is 6.82. The van der Waals surface area contributed by atoms with E-state index in [-0.39, 0.29) is 11.9 Å². The monoisotopic (exact) mass is 269 g/mol. The highest BCUT2D eigenvalue weighted by atomic mass is 16.2. The quantitative estimate of drug-likeness (QED) is 0.877. The SMILES string of the molecule is Cc1cccc(CNC(C)C(=O)Nc2ccccc2)n1.